The van der Waals surface area contributed by atoms with E-state index >= 15 is 0 Å². The number of quaternary nitrogens is 1. The van der Waals surface area contributed by atoms with Crippen LogP contribution in [0.3, 0.4) is 0 Å². The van der Waals surface area contributed by atoms with Gasteiger partial charge in [0, 0.05) is 30.7 Å². The third kappa shape index (κ3) is 30.1. The number of rotatable bonds is 36. The molecule has 0 saturated heterocycles. The van der Waals surface area contributed by atoms with Crippen molar-refractivity contribution in [3.63, 3.8) is 0 Å². The highest BCUT2D eigenvalue weighted by Crippen LogP contribution is 2.38. The molecular weight excluding hydrogens is 711 g/mol. The average molecular weight is 787 g/mol. The number of unbranched alkanes of at least 4 members (excludes halogenated alkanes) is 18. The van der Waals surface area contributed by atoms with E-state index in [1.165, 1.54) is 51.4 Å². The van der Waals surface area contributed by atoms with Gasteiger partial charge in [0.15, 0.2) is 6.10 Å². The number of aromatic hydroxyl groups is 1. The molecule has 0 aliphatic carbocycles. The van der Waals surface area contributed by atoms with E-state index in [1.807, 2.05) is 21.1 Å². The van der Waals surface area contributed by atoms with Gasteiger partial charge in [-0.15, -0.1) is 0 Å². The first-order valence-corrected chi connectivity index (χ1v) is 22.2. The maximum absolute atomic E-state index is 12.7. The van der Waals surface area contributed by atoms with Gasteiger partial charge >= 0.3 is 11.9 Å². The topological polar surface area (TPSA) is 167 Å². The highest BCUT2D eigenvalue weighted by molar-refractivity contribution is 7.45. The SMILES string of the molecule is CCCCCCCCCCCCCC(=O)OC[C@@H](COP(=O)([O-])OCC[N+](C)(C)C)OC(=O)CCCCCCCCCCCOCc1cc(N)ccc1O. The number of phosphoric acid groups is 1. The van der Waals surface area contributed by atoms with E-state index in [-0.39, 0.29) is 31.8 Å². The monoisotopic (exact) mass is 787 g/mol. The quantitative estimate of drug-likeness (QED) is 0.0167. The van der Waals surface area contributed by atoms with Crippen molar-refractivity contribution in [2.45, 2.75) is 161 Å². The Hall–Kier alpha value is -2.21. The second-order valence-corrected chi connectivity index (χ2v) is 17.0. The Kier molecular flexibility index (Phi) is 28.5. The molecule has 0 saturated carbocycles. The van der Waals surface area contributed by atoms with Crippen LogP contribution in [0.1, 0.15) is 154 Å². The second kappa shape index (κ2) is 30.9. The van der Waals surface area contributed by atoms with Crippen LogP contribution < -0.4 is 10.6 Å². The molecule has 0 aliphatic heterocycles. The van der Waals surface area contributed by atoms with Gasteiger partial charge in [-0.05, 0) is 37.5 Å². The minimum atomic E-state index is -4.64. The number of nitrogens with two attached hydrogens (primary N) is 1. The van der Waals surface area contributed by atoms with Crippen LogP contribution in [-0.2, 0) is 44.0 Å². The van der Waals surface area contributed by atoms with Crippen molar-refractivity contribution in [1.29, 1.82) is 0 Å². The fourth-order valence-electron chi connectivity index (χ4n) is 5.80. The highest BCUT2D eigenvalue weighted by atomic mass is 31.2. The first kappa shape index (κ1) is 49.8. The molecule has 1 aromatic rings. The molecule has 0 aliphatic rings. The summed E-state index contributed by atoms with van der Waals surface area (Å²) in [7, 11) is 1.11. The number of likely N-dealkylation sites (N-methyl/N-ethyl adjacent to an activating group) is 1. The smallest absolute Gasteiger partial charge is 0.306 e. The number of nitrogen functional groups attached to an aromatic ring is 1. The summed E-state index contributed by atoms with van der Waals surface area (Å²) in [6.45, 7) is 2.86. The van der Waals surface area contributed by atoms with Gasteiger partial charge in [-0.1, -0.05) is 116 Å². The van der Waals surface area contributed by atoms with E-state index in [0.29, 0.717) is 41.9 Å². The average Bonchev–Trinajstić information content (AvgIpc) is 3.11. The number of carbonyl (C=O) groups is 2. The number of carbonyl (C=O) groups excluding carboxylic acids is 2. The summed E-state index contributed by atoms with van der Waals surface area (Å²) in [6, 6.07) is 4.97. The lowest BCUT2D eigenvalue weighted by atomic mass is 10.1. The molecular formula is C41H75N2O10P. The number of hydrogen-bond acceptors (Lipinski definition) is 11. The molecule has 0 radical (unpaired) electrons. The number of hydrogen-bond donors (Lipinski definition) is 2. The lowest BCUT2D eigenvalue weighted by Gasteiger charge is -2.28. The van der Waals surface area contributed by atoms with Gasteiger partial charge in [0.2, 0.25) is 0 Å². The van der Waals surface area contributed by atoms with Crippen LogP contribution in [-0.4, -0.2) is 81.7 Å². The van der Waals surface area contributed by atoms with Gasteiger partial charge in [-0.3, -0.25) is 14.2 Å². The number of benzene rings is 1. The molecule has 13 heteroatoms. The van der Waals surface area contributed by atoms with E-state index in [1.54, 1.807) is 18.2 Å². The zero-order chi connectivity index (χ0) is 39.9. The van der Waals surface area contributed by atoms with Gasteiger partial charge in [0.05, 0.1) is 34.4 Å². The Morgan fingerprint density at radius 3 is 1.81 bits per heavy atom. The van der Waals surface area contributed by atoms with E-state index in [4.69, 9.17) is 29.0 Å². The third-order valence-electron chi connectivity index (χ3n) is 9.17. The van der Waals surface area contributed by atoms with Gasteiger partial charge in [-0.25, -0.2) is 0 Å². The number of anilines is 1. The van der Waals surface area contributed by atoms with Crippen LogP contribution in [0, 0.1) is 0 Å². The highest BCUT2D eigenvalue weighted by Gasteiger charge is 2.21. The first-order chi connectivity index (χ1) is 25.8. The van der Waals surface area contributed by atoms with Crippen LogP contribution in [0.4, 0.5) is 5.69 Å². The van der Waals surface area contributed by atoms with Crippen molar-refractivity contribution in [2.75, 3.05) is 59.8 Å². The molecule has 12 nitrogen and oxygen atoms in total. The number of phosphoric ester groups is 1. The molecule has 1 rings (SSSR count). The summed E-state index contributed by atoms with van der Waals surface area (Å²) in [5.74, 6) is -0.687. The normalized spacial score (nSPS) is 13.4. The van der Waals surface area contributed by atoms with Gasteiger partial charge in [0.1, 0.15) is 25.5 Å². The van der Waals surface area contributed by atoms with Crippen molar-refractivity contribution >= 4 is 25.4 Å². The maximum atomic E-state index is 12.7. The molecule has 0 aromatic heterocycles. The number of ether oxygens (including phenoxy) is 3. The molecule has 314 valence electrons. The zero-order valence-corrected chi connectivity index (χ0v) is 35.1. The van der Waals surface area contributed by atoms with Gasteiger partial charge in [-0.2, -0.15) is 0 Å². The van der Waals surface area contributed by atoms with Crippen LogP contribution >= 0.6 is 7.82 Å². The molecule has 1 unspecified atom stereocenters. The molecule has 0 heterocycles. The van der Waals surface area contributed by atoms with Crippen molar-refractivity contribution in [3.05, 3.63) is 23.8 Å². The molecule has 2 atom stereocenters. The number of phenolic OH excluding ortho intramolecular Hbond substituents is 1. The summed E-state index contributed by atoms with van der Waals surface area (Å²) < 4.78 is 39.5. The zero-order valence-electron chi connectivity index (χ0n) is 34.2. The lowest BCUT2D eigenvalue weighted by molar-refractivity contribution is -0.870. The van der Waals surface area contributed by atoms with E-state index in [9.17, 15) is 24.2 Å². The molecule has 0 bridgehead atoms. The van der Waals surface area contributed by atoms with E-state index in [0.717, 1.165) is 70.6 Å². The molecule has 3 N–H and O–H groups in total. The molecule has 54 heavy (non-hydrogen) atoms. The fraction of sp³-hybridized carbons (Fsp3) is 0.805. The van der Waals surface area contributed by atoms with Gasteiger partial charge in [0.25, 0.3) is 7.82 Å². The Morgan fingerprint density at radius 2 is 1.26 bits per heavy atom. The predicted octanol–water partition coefficient (Wildman–Crippen LogP) is 8.76. The number of phenols is 1. The van der Waals surface area contributed by atoms with E-state index in [2.05, 4.69) is 6.92 Å². The first-order valence-electron chi connectivity index (χ1n) is 20.7. The number of nitrogens with zero attached hydrogens (tertiary/aromatic N) is 1. The van der Waals surface area contributed by atoms with Crippen LogP contribution in [0.15, 0.2) is 18.2 Å². The Balaban J connectivity index is 2.28. The van der Waals surface area contributed by atoms with Gasteiger partial charge < -0.3 is 43.5 Å². The van der Waals surface area contributed by atoms with Crippen LogP contribution in [0.2, 0.25) is 0 Å². The predicted molar refractivity (Wildman–Crippen MR) is 213 cm³/mol. The molecule has 0 spiro atoms. The lowest BCUT2D eigenvalue weighted by Crippen LogP contribution is -2.37. The minimum Gasteiger partial charge on any atom is -0.756 e. The standard InChI is InChI=1S/C41H75N2O10P/c1-5-6-7-8-9-10-11-13-16-19-22-25-40(45)50-34-38(35-52-54(47,48)51-31-29-43(2,3)4)53-41(46)26-23-20-17-14-12-15-18-21-24-30-49-33-36-32-37(42)27-28-39(36)44/h27-28,32,38H,5-26,29-31,33-35,42H2,1-4H3,(H-,44,47,48)/t38-/m0/s1. The molecule has 1 aromatic carbocycles. The Labute approximate surface area is 327 Å². The molecule has 0 amide bonds. The minimum absolute atomic E-state index is 0.0455. The second-order valence-electron chi connectivity index (χ2n) is 15.5. The molecule has 0 fully saturated rings. The summed E-state index contributed by atoms with van der Waals surface area (Å²) in [5.41, 5.74) is 7.07. The van der Waals surface area contributed by atoms with E-state index < -0.39 is 32.5 Å². The summed E-state index contributed by atoms with van der Waals surface area (Å²) in [4.78, 5) is 37.4. The Bertz CT molecular complexity index is 1160. The number of esters is 2. The van der Waals surface area contributed by atoms with Crippen LogP contribution in [0.5, 0.6) is 5.75 Å². The summed E-state index contributed by atoms with van der Waals surface area (Å²) in [6.07, 6.45) is 21.4. The van der Waals surface area contributed by atoms with Crippen molar-refractivity contribution in [1.82, 2.24) is 0 Å². The summed E-state index contributed by atoms with van der Waals surface area (Å²) >= 11 is 0. The van der Waals surface area contributed by atoms with Crippen molar-refractivity contribution in [2.24, 2.45) is 0 Å². The maximum Gasteiger partial charge on any atom is 0.306 e. The van der Waals surface area contributed by atoms with Crippen LogP contribution in [0.25, 0.3) is 0 Å². The summed E-state index contributed by atoms with van der Waals surface area (Å²) in [5, 5.41) is 9.86. The fourth-order valence-corrected chi connectivity index (χ4v) is 6.53. The third-order valence-corrected chi connectivity index (χ3v) is 10.1. The Morgan fingerprint density at radius 1 is 0.741 bits per heavy atom. The largest absolute Gasteiger partial charge is 0.756 e. The van der Waals surface area contributed by atoms with Crippen molar-refractivity contribution < 1.29 is 51.9 Å². The van der Waals surface area contributed by atoms with Crippen molar-refractivity contribution in [3.8, 4) is 5.75 Å².